The number of aromatic nitrogens is 2. The van der Waals surface area contributed by atoms with Crippen LogP contribution in [0.25, 0.3) is 0 Å². The molecule has 1 heterocycles. The summed E-state index contributed by atoms with van der Waals surface area (Å²) in [6.45, 7) is 4.24. The lowest BCUT2D eigenvalue weighted by Gasteiger charge is -2.29. The van der Waals surface area contributed by atoms with Crippen molar-refractivity contribution in [2.45, 2.75) is 26.4 Å². The van der Waals surface area contributed by atoms with Gasteiger partial charge in [0.2, 0.25) is 16.9 Å². The fraction of sp³-hybridized carbons (Fsp3) is 0.364. The second kappa shape index (κ2) is 7.01. The van der Waals surface area contributed by atoms with Crippen molar-refractivity contribution in [2.75, 3.05) is 5.01 Å². The van der Waals surface area contributed by atoms with Crippen LogP contribution in [0.3, 0.4) is 0 Å². The van der Waals surface area contributed by atoms with Gasteiger partial charge in [-0.1, -0.05) is 11.6 Å². The quantitative estimate of drug-likeness (QED) is 0.428. The number of carbonyl (C=O) groups excluding carboxylic acids is 1. The number of rotatable bonds is 1. The Bertz CT molecular complexity index is 696. The van der Waals surface area contributed by atoms with Crippen LogP contribution in [0.15, 0.2) is 0 Å². The number of hydrogen-bond donors (Lipinski definition) is 2. The number of imide groups is 1. The van der Waals surface area contributed by atoms with Gasteiger partial charge in [-0.05, 0) is 32.4 Å². The summed E-state index contributed by atoms with van der Waals surface area (Å²) in [5.41, 5.74) is -1.16. The van der Waals surface area contributed by atoms with Gasteiger partial charge in [0.15, 0.2) is 5.15 Å². The summed E-state index contributed by atoms with van der Waals surface area (Å²) in [5.74, 6) is -2.67. The maximum absolute atomic E-state index is 14.0. The number of anilines is 1. The number of carbonyl (C=O) groups is 3. The molecule has 0 fully saturated rings. The van der Waals surface area contributed by atoms with Crippen LogP contribution in [0.1, 0.15) is 20.8 Å². The Morgan fingerprint density at radius 1 is 1.12 bits per heavy atom. The van der Waals surface area contributed by atoms with Crippen molar-refractivity contribution in [3.05, 3.63) is 16.3 Å². The topological polar surface area (TPSA) is 133 Å². The van der Waals surface area contributed by atoms with Crippen molar-refractivity contribution in [3.63, 3.8) is 0 Å². The van der Waals surface area contributed by atoms with E-state index in [1.54, 1.807) is 0 Å². The lowest BCUT2D eigenvalue weighted by atomic mass is 10.2. The zero-order valence-corrected chi connectivity index (χ0v) is 14.0. The van der Waals surface area contributed by atoms with Gasteiger partial charge >= 0.3 is 18.3 Å². The number of halogens is 3. The summed E-state index contributed by atoms with van der Waals surface area (Å²) in [6.07, 6.45) is -5.74. The van der Waals surface area contributed by atoms with Crippen molar-refractivity contribution in [2.24, 2.45) is 0 Å². The maximum Gasteiger partial charge on any atom is 0.440 e. The highest BCUT2D eigenvalue weighted by Gasteiger charge is 2.39. The van der Waals surface area contributed by atoms with Gasteiger partial charge in [-0.15, -0.1) is 10.0 Å². The molecule has 10 nitrogen and oxygen atoms in total. The molecule has 132 valence electrons. The Labute approximate surface area is 144 Å². The molecular formula is C11H11Cl2FN4O6. The number of nitrogens with zero attached hydrogens (tertiary/aromatic N) is 4. The molecule has 0 atom stereocenters. The van der Waals surface area contributed by atoms with Gasteiger partial charge in [0, 0.05) is 0 Å². The monoisotopic (exact) mass is 384 g/mol. The van der Waals surface area contributed by atoms with Crippen molar-refractivity contribution >= 4 is 47.3 Å². The third-order valence-electron chi connectivity index (χ3n) is 2.10. The fourth-order valence-corrected chi connectivity index (χ4v) is 1.72. The van der Waals surface area contributed by atoms with E-state index in [1.807, 2.05) is 0 Å². The summed E-state index contributed by atoms with van der Waals surface area (Å²) in [4.78, 5) is 41.2. The zero-order chi connectivity index (χ0) is 18.8. The van der Waals surface area contributed by atoms with Gasteiger partial charge in [-0.25, -0.2) is 19.4 Å². The van der Waals surface area contributed by atoms with Gasteiger partial charge in [0.1, 0.15) is 5.60 Å². The molecule has 1 aromatic heterocycles. The Balaban J connectivity index is 3.48. The standard InChI is InChI=1S/C11H11Cl2FN4O6/c1-11(2,3)24-10(23)18(9(21)22)17(8(19)20)6-4(14)5(12)15-7(13)16-6/h1-3H3,(H,19,20)(H,21,22). The van der Waals surface area contributed by atoms with E-state index in [0.717, 1.165) is 0 Å². The summed E-state index contributed by atoms with van der Waals surface area (Å²) >= 11 is 10.9. The Morgan fingerprint density at radius 2 is 1.67 bits per heavy atom. The lowest BCUT2D eigenvalue weighted by molar-refractivity contribution is 0.0243. The predicted molar refractivity (Wildman–Crippen MR) is 78.6 cm³/mol. The third-order valence-corrected chi connectivity index (χ3v) is 2.51. The average molecular weight is 385 g/mol. The summed E-state index contributed by atoms with van der Waals surface area (Å²) in [6, 6.07) is 0. The molecule has 0 aliphatic carbocycles. The van der Waals surface area contributed by atoms with Crippen LogP contribution in [-0.4, -0.2) is 49.1 Å². The second-order valence-electron chi connectivity index (χ2n) is 5.09. The Kier molecular flexibility index (Phi) is 5.74. The molecule has 0 saturated carbocycles. The first-order valence-corrected chi connectivity index (χ1v) is 6.78. The Morgan fingerprint density at radius 3 is 2.08 bits per heavy atom. The molecule has 0 radical (unpaired) electrons. The largest absolute Gasteiger partial charge is 0.463 e. The van der Waals surface area contributed by atoms with Crippen LogP contribution in [0.4, 0.5) is 24.6 Å². The van der Waals surface area contributed by atoms with E-state index in [0.29, 0.717) is 0 Å². The molecule has 0 saturated heterocycles. The van der Waals surface area contributed by atoms with E-state index in [1.165, 1.54) is 20.8 Å². The minimum Gasteiger partial charge on any atom is -0.463 e. The summed E-state index contributed by atoms with van der Waals surface area (Å²) in [7, 11) is 0. The lowest BCUT2D eigenvalue weighted by Crippen LogP contribution is -2.54. The molecule has 0 aromatic carbocycles. The van der Waals surface area contributed by atoms with E-state index in [9.17, 15) is 23.9 Å². The van der Waals surface area contributed by atoms with Crippen molar-refractivity contribution < 1.29 is 33.7 Å². The molecule has 0 spiro atoms. The SMILES string of the molecule is CC(C)(C)OC(=O)N(C(=O)O)N(C(=O)O)c1nc(Cl)nc(Cl)c1F. The highest BCUT2D eigenvalue weighted by Crippen LogP contribution is 2.26. The van der Waals surface area contributed by atoms with Gasteiger partial charge in [-0.2, -0.15) is 9.37 Å². The minimum atomic E-state index is -2.07. The molecule has 13 heteroatoms. The van der Waals surface area contributed by atoms with Crippen LogP contribution >= 0.6 is 23.2 Å². The van der Waals surface area contributed by atoms with Crippen LogP contribution in [-0.2, 0) is 4.74 Å². The number of hydrogen-bond acceptors (Lipinski definition) is 6. The summed E-state index contributed by atoms with van der Waals surface area (Å²) < 4.78 is 18.8. The molecule has 1 rings (SSSR count). The normalized spacial score (nSPS) is 10.9. The third kappa shape index (κ3) is 4.55. The van der Waals surface area contributed by atoms with Crippen molar-refractivity contribution in [3.8, 4) is 0 Å². The fourth-order valence-electron chi connectivity index (χ4n) is 1.35. The second-order valence-corrected chi connectivity index (χ2v) is 5.79. The number of amides is 3. The number of ether oxygens (including phenoxy) is 1. The van der Waals surface area contributed by atoms with Gasteiger partial charge in [-0.3, -0.25) is 0 Å². The zero-order valence-electron chi connectivity index (χ0n) is 12.5. The summed E-state index contributed by atoms with van der Waals surface area (Å²) in [5, 5.41) is 16.1. The molecular weight excluding hydrogens is 374 g/mol. The molecule has 3 amide bonds. The first-order valence-electron chi connectivity index (χ1n) is 6.02. The van der Waals surface area contributed by atoms with Crippen LogP contribution in [0, 0.1) is 5.82 Å². The molecule has 0 bridgehead atoms. The maximum atomic E-state index is 14.0. The van der Waals surface area contributed by atoms with Gasteiger partial charge in [0.05, 0.1) is 0 Å². The predicted octanol–water partition coefficient (Wildman–Crippen LogP) is 3.24. The van der Waals surface area contributed by atoms with E-state index in [2.05, 4.69) is 9.97 Å². The van der Waals surface area contributed by atoms with Crippen molar-refractivity contribution in [1.82, 2.24) is 15.0 Å². The molecule has 24 heavy (non-hydrogen) atoms. The van der Waals surface area contributed by atoms with Crippen LogP contribution in [0.2, 0.25) is 10.4 Å². The van der Waals surface area contributed by atoms with E-state index >= 15 is 0 Å². The van der Waals surface area contributed by atoms with E-state index in [-0.39, 0.29) is 5.01 Å². The van der Waals surface area contributed by atoms with Gasteiger partial charge in [0.25, 0.3) is 0 Å². The first kappa shape index (κ1) is 19.6. The molecule has 1 aromatic rings. The van der Waals surface area contributed by atoms with Gasteiger partial charge < -0.3 is 14.9 Å². The van der Waals surface area contributed by atoms with Crippen LogP contribution < -0.4 is 5.01 Å². The molecule has 0 unspecified atom stereocenters. The minimum absolute atomic E-state index is 0.314. The molecule has 0 aliphatic rings. The van der Waals surface area contributed by atoms with Crippen molar-refractivity contribution in [1.29, 1.82) is 0 Å². The number of carboxylic acid groups (broad SMARTS) is 2. The van der Waals surface area contributed by atoms with Crippen LogP contribution in [0.5, 0.6) is 0 Å². The molecule has 2 N–H and O–H groups in total. The number of hydrazine groups is 1. The Hall–Kier alpha value is -2.40. The average Bonchev–Trinajstić information content (AvgIpc) is 2.37. The smallest absolute Gasteiger partial charge is 0.440 e. The highest BCUT2D eigenvalue weighted by molar-refractivity contribution is 6.32. The molecule has 0 aliphatic heterocycles. The first-order chi connectivity index (χ1) is 10.8. The highest BCUT2D eigenvalue weighted by atomic mass is 35.5. The van der Waals surface area contributed by atoms with E-state index in [4.69, 9.17) is 33.0 Å². The van der Waals surface area contributed by atoms with E-state index < -0.39 is 51.0 Å².